The van der Waals surface area contributed by atoms with Gasteiger partial charge in [-0.15, -0.1) is 0 Å². The molecule has 0 aromatic heterocycles. The minimum absolute atomic E-state index is 0.149. The fourth-order valence-corrected chi connectivity index (χ4v) is 2.42. The van der Waals surface area contributed by atoms with Crippen molar-refractivity contribution in [3.63, 3.8) is 0 Å². The lowest BCUT2D eigenvalue weighted by Crippen LogP contribution is -2.16. The van der Waals surface area contributed by atoms with Crippen LogP contribution in [0, 0.1) is 5.82 Å². The first-order chi connectivity index (χ1) is 10.1. The van der Waals surface area contributed by atoms with E-state index < -0.39 is 0 Å². The molecule has 2 aromatic rings. The SMILES string of the molecule is O=C(Cc1ccc(F)cc1)c1cc2c(cc1Cl)OCCO2. The molecular formula is C16H12ClFO3. The molecule has 1 aliphatic rings. The number of carbonyl (C=O) groups excluding carboxylic acids is 1. The van der Waals surface area contributed by atoms with Crippen LogP contribution in [-0.4, -0.2) is 19.0 Å². The van der Waals surface area contributed by atoms with Gasteiger partial charge in [-0.25, -0.2) is 4.39 Å². The van der Waals surface area contributed by atoms with Crippen LogP contribution in [0.4, 0.5) is 4.39 Å². The highest BCUT2D eigenvalue weighted by molar-refractivity contribution is 6.34. The average molecular weight is 307 g/mol. The van der Waals surface area contributed by atoms with Crippen LogP contribution < -0.4 is 9.47 Å². The molecule has 0 unspecified atom stereocenters. The van der Waals surface area contributed by atoms with Gasteiger partial charge in [0, 0.05) is 18.1 Å². The topological polar surface area (TPSA) is 35.5 Å². The summed E-state index contributed by atoms with van der Waals surface area (Å²) in [6.07, 6.45) is 0.152. The van der Waals surface area contributed by atoms with Crippen molar-refractivity contribution in [1.29, 1.82) is 0 Å². The molecule has 1 aliphatic heterocycles. The highest BCUT2D eigenvalue weighted by atomic mass is 35.5. The number of hydrogen-bond acceptors (Lipinski definition) is 3. The van der Waals surface area contributed by atoms with Crippen LogP contribution in [0.3, 0.4) is 0 Å². The lowest BCUT2D eigenvalue weighted by atomic mass is 10.0. The van der Waals surface area contributed by atoms with Crippen LogP contribution in [0.2, 0.25) is 5.02 Å². The molecule has 0 atom stereocenters. The van der Waals surface area contributed by atoms with E-state index in [0.717, 1.165) is 5.56 Å². The molecule has 1 heterocycles. The standard InChI is InChI=1S/C16H12ClFO3/c17-13-9-16-15(20-5-6-21-16)8-12(13)14(19)7-10-1-3-11(18)4-2-10/h1-4,8-9H,5-7H2. The first-order valence-electron chi connectivity index (χ1n) is 6.50. The van der Waals surface area contributed by atoms with Gasteiger partial charge in [-0.05, 0) is 23.8 Å². The zero-order valence-corrected chi connectivity index (χ0v) is 11.8. The second-order valence-corrected chi connectivity index (χ2v) is 5.11. The van der Waals surface area contributed by atoms with Gasteiger partial charge in [0.05, 0.1) is 5.02 Å². The predicted octanol–water partition coefficient (Wildman–Crippen LogP) is 3.68. The highest BCUT2D eigenvalue weighted by Crippen LogP contribution is 2.35. The minimum atomic E-state index is -0.330. The molecule has 0 bridgehead atoms. The molecule has 0 saturated heterocycles. The number of rotatable bonds is 3. The van der Waals surface area contributed by atoms with Crippen molar-refractivity contribution in [3.8, 4) is 11.5 Å². The maximum absolute atomic E-state index is 12.9. The summed E-state index contributed by atoms with van der Waals surface area (Å²) in [4.78, 5) is 12.3. The number of ketones is 1. The van der Waals surface area contributed by atoms with Gasteiger partial charge in [0.25, 0.3) is 0 Å². The lowest BCUT2D eigenvalue weighted by molar-refractivity contribution is 0.0992. The summed E-state index contributed by atoms with van der Waals surface area (Å²) in [5.74, 6) is 0.588. The molecule has 0 saturated carbocycles. The molecule has 0 N–H and O–H groups in total. The van der Waals surface area contributed by atoms with Gasteiger partial charge in [-0.3, -0.25) is 4.79 Å². The molecule has 0 aliphatic carbocycles. The van der Waals surface area contributed by atoms with Crippen LogP contribution in [-0.2, 0) is 6.42 Å². The van der Waals surface area contributed by atoms with Crippen LogP contribution >= 0.6 is 11.6 Å². The third-order valence-electron chi connectivity index (χ3n) is 3.21. The predicted molar refractivity (Wildman–Crippen MR) is 76.9 cm³/mol. The van der Waals surface area contributed by atoms with Crippen molar-refractivity contribution >= 4 is 17.4 Å². The summed E-state index contributed by atoms with van der Waals surface area (Å²) in [5.41, 5.74) is 1.11. The Balaban J connectivity index is 1.85. The minimum Gasteiger partial charge on any atom is -0.486 e. The van der Waals surface area contributed by atoms with E-state index in [9.17, 15) is 9.18 Å². The van der Waals surface area contributed by atoms with E-state index in [0.29, 0.717) is 35.3 Å². The van der Waals surface area contributed by atoms with Crippen LogP contribution in [0.15, 0.2) is 36.4 Å². The summed E-state index contributed by atoms with van der Waals surface area (Å²) in [6.45, 7) is 0.909. The Morgan fingerprint density at radius 2 is 1.71 bits per heavy atom. The molecule has 21 heavy (non-hydrogen) atoms. The van der Waals surface area contributed by atoms with E-state index in [2.05, 4.69) is 0 Å². The maximum atomic E-state index is 12.9. The monoisotopic (exact) mass is 306 g/mol. The zero-order chi connectivity index (χ0) is 14.8. The second kappa shape index (κ2) is 5.74. The number of ether oxygens (including phenoxy) is 2. The van der Waals surface area contributed by atoms with Gasteiger partial charge in [0.2, 0.25) is 0 Å². The number of hydrogen-bond donors (Lipinski definition) is 0. The number of fused-ring (bicyclic) bond motifs is 1. The summed E-state index contributed by atoms with van der Waals surface area (Å²) in [5, 5.41) is 0.325. The van der Waals surface area contributed by atoms with E-state index in [4.69, 9.17) is 21.1 Å². The average Bonchev–Trinajstić information content (AvgIpc) is 2.49. The van der Waals surface area contributed by atoms with Gasteiger partial charge in [-0.2, -0.15) is 0 Å². The van der Waals surface area contributed by atoms with Gasteiger partial charge >= 0.3 is 0 Å². The Morgan fingerprint density at radius 1 is 1.10 bits per heavy atom. The molecule has 0 radical (unpaired) electrons. The number of benzene rings is 2. The number of halogens is 2. The molecule has 2 aromatic carbocycles. The first kappa shape index (κ1) is 13.9. The quantitative estimate of drug-likeness (QED) is 0.812. The number of carbonyl (C=O) groups is 1. The smallest absolute Gasteiger partial charge is 0.168 e. The summed E-state index contributed by atoms with van der Waals surface area (Å²) < 4.78 is 23.7. The Labute approximate surface area is 126 Å². The third kappa shape index (κ3) is 3.00. The van der Waals surface area contributed by atoms with Crippen LogP contribution in [0.25, 0.3) is 0 Å². The van der Waals surface area contributed by atoms with Crippen molar-refractivity contribution in [3.05, 3.63) is 58.4 Å². The van der Waals surface area contributed by atoms with E-state index in [1.165, 1.54) is 12.1 Å². The van der Waals surface area contributed by atoms with Gasteiger partial charge in [0.15, 0.2) is 17.3 Å². The van der Waals surface area contributed by atoms with Gasteiger partial charge in [-0.1, -0.05) is 23.7 Å². The van der Waals surface area contributed by atoms with Crippen molar-refractivity contribution in [2.24, 2.45) is 0 Å². The maximum Gasteiger partial charge on any atom is 0.168 e. The van der Waals surface area contributed by atoms with Crippen molar-refractivity contribution in [2.45, 2.75) is 6.42 Å². The molecule has 5 heteroatoms. The normalized spacial score (nSPS) is 13.0. The Bertz CT molecular complexity index is 683. The molecule has 0 amide bonds. The fourth-order valence-electron chi connectivity index (χ4n) is 2.16. The molecule has 0 spiro atoms. The van der Waals surface area contributed by atoms with E-state index in [1.807, 2.05) is 0 Å². The summed E-state index contributed by atoms with van der Waals surface area (Å²) in [7, 11) is 0. The largest absolute Gasteiger partial charge is 0.486 e. The molecule has 108 valence electrons. The second-order valence-electron chi connectivity index (χ2n) is 4.70. The van der Waals surface area contributed by atoms with Crippen LogP contribution in [0.1, 0.15) is 15.9 Å². The van der Waals surface area contributed by atoms with Crippen molar-refractivity contribution in [2.75, 3.05) is 13.2 Å². The van der Waals surface area contributed by atoms with E-state index >= 15 is 0 Å². The highest BCUT2D eigenvalue weighted by Gasteiger charge is 2.19. The molecule has 3 rings (SSSR count). The molecule has 0 fully saturated rings. The molecular weight excluding hydrogens is 295 g/mol. The van der Waals surface area contributed by atoms with E-state index in [1.54, 1.807) is 24.3 Å². The summed E-state index contributed by atoms with van der Waals surface area (Å²) in [6, 6.07) is 9.01. The fraction of sp³-hybridized carbons (Fsp3) is 0.188. The Morgan fingerprint density at radius 3 is 2.38 bits per heavy atom. The van der Waals surface area contributed by atoms with Crippen molar-refractivity contribution < 1.29 is 18.7 Å². The Hall–Kier alpha value is -2.07. The summed E-state index contributed by atoms with van der Waals surface area (Å²) >= 11 is 6.13. The lowest BCUT2D eigenvalue weighted by Gasteiger charge is -2.19. The van der Waals surface area contributed by atoms with Crippen molar-refractivity contribution in [1.82, 2.24) is 0 Å². The van der Waals surface area contributed by atoms with E-state index in [-0.39, 0.29) is 18.0 Å². The van der Waals surface area contributed by atoms with Crippen LogP contribution in [0.5, 0.6) is 11.5 Å². The van der Waals surface area contributed by atoms with Gasteiger partial charge < -0.3 is 9.47 Å². The Kier molecular flexibility index (Phi) is 3.80. The molecule has 3 nitrogen and oxygen atoms in total. The zero-order valence-electron chi connectivity index (χ0n) is 11.1. The van der Waals surface area contributed by atoms with Gasteiger partial charge in [0.1, 0.15) is 19.0 Å². The first-order valence-corrected chi connectivity index (χ1v) is 6.88. The third-order valence-corrected chi connectivity index (χ3v) is 3.52. The number of Topliss-reactive ketones (excluding diaryl/α,β-unsaturated/α-hetero) is 1.